The van der Waals surface area contributed by atoms with Gasteiger partial charge in [0.25, 0.3) is 0 Å². The smallest absolute Gasteiger partial charge is 0.227 e. The van der Waals surface area contributed by atoms with E-state index in [9.17, 15) is 4.79 Å². The lowest BCUT2D eigenvalue weighted by Crippen LogP contribution is -2.35. The summed E-state index contributed by atoms with van der Waals surface area (Å²) in [6.07, 6.45) is 3.39. The number of nitrogens with one attached hydrogen (secondary N) is 1. The first-order chi connectivity index (χ1) is 7.58. The van der Waals surface area contributed by atoms with Gasteiger partial charge in [0.05, 0.1) is 17.7 Å². The number of rotatable bonds is 6. The van der Waals surface area contributed by atoms with E-state index in [1.54, 1.807) is 6.26 Å². The maximum atomic E-state index is 11.3. The van der Waals surface area contributed by atoms with Crippen LogP contribution in [0.4, 0.5) is 0 Å². The average Bonchev–Trinajstić information content (AvgIpc) is 2.65. The van der Waals surface area contributed by atoms with Crippen LogP contribution in [0.2, 0.25) is 0 Å². The molecule has 4 nitrogen and oxygen atoms in total. The SMILES string of the molecule is CC(CCc1ccco1)NC(=O)CC(N)=S. The van der Waals surface area contributed by atoms with Gasteiger partial charge < -0.3 is 15.5 Å². The summed E-state index contributed by atoms with van der Waals surface area (Å²) in [5.41, 5.74) is 5.28. The van der Waals surface area contributed by atoms with E-state index in [0.29, 0.717) is 0 Å². The van der Waals surface area contributed by atoms with Crippen molar-refractivity contribution in [2.24, 2.45) is 5.73 Å². The van der Waals surface area contributed by atoms with Gasteiger partial charge in [-0.15, -0.1) is 0 Å². The van der Waals surface area contributed by atoms with E-state index in [4.69, 9.17) is 10.2 Å². The van der Waals surface area contributed by atoms with Crippen molar-refractivity contribution in [3.8, 4) is 0 Å². The van der Waals surface area contributed by atoms with Gasteiger partial charge in [-0.3, -0.25) is 4.79 Å². The number of carbonyl (C=O) groups is 1. The molecule has 0 aliphatic carbocycles. The third-order valence-corrected chi connectivity index (χ3v) is 2.29. The Morgan fingerprint density at radius 1 is 1.69 bits per heavy atom. The molecule has 3 N–H and O–H groups in total. The molecule has 0 aromatic carbocycles. The lowest BCUT2D eigenvalue weighted by molar-refractivity contribution is -0.120. The molecule has 0 saturated heterocycles. The van der Waals surface area contributed by atoms with Crippen LogP contribution in [0.15, 0.2) is 22.8 Å². The Labute approximate surface area is 100 Å². The molecular formula is C11H16N2O2S. The van der Waals surface area contributed by atoms with Gasteiger partial charge in [0.15, 0.2) is 0 Å². The summed E-state index contributed by atoms with van der Waals surface area (Å²) in [6.45, 7) is 1.94. The number of aryl methyl sites for hydroxylation is 1. The van der Waals surface area contributed by atoms with Gasteiger partial charge >= 0.3 is 0 Å². The van der Waals surface area contributed by atoms with Crippen LogP contribution in [0.1, 0.15) is 25.5 Å². The van der Waals surface area contributed by atoms with Crippen LogP contribution in [-0.2, 0) is 11.2 Å². The maximum Gasteiger partial charge on any atom is 0.227 e. The average molecular weight is 240 g/mol. The van der Waals surface area contributed by atoms with Crippen molar-refractivity contribution in [1.82, 2.24) is 5.32 Å². The van der Waals surface area contributed by atoms with Gasteiger partial charge in [-0.05, 0) is 25.5 Å². The molecule has 1 atom stereocenters. The summed E-state index contributed by atoms with van der Waals surface area (Å²) < 4.78 is 5.20. The molecule has 1 rings (SSSR count). The van der Waals surface area contributed by atoms with Gasteiger partial charge in [-0.1, -0.05) is 12.2 Å². The third kappa shape index (κ3) is 4.93. The highest BCUT2D eigenvalue weighted by Crippen LogP contribution is 2.05. The number of furan rings is 1. The van der Waals surface area contributed by atoms with E-state index < -0.39 is 0 Å². The predicted molar refractivity (Wildman–Crippen MR) is 66.0 cm³/mol. The van der Waals surface area contributed by atoms with E-state index >= 15 is 0 Å². The van der Waals surface area contributed by atoms with Crippen molar-refractivity contribution >= 4 is 23.1 Å². The number of carbonyl (C=O) groups excluding carboxylic acids is 1. The van der Waals surface area contributed by atoms with Crippen LogP contribution in [0.5, 0.6) is 0 Å². The lowest BCUT2D eigenvalue weighted by Gasteiger charge is -2.12. The van der Waals surface area contributed by atoms with Gasteiger partial charge in [0, 0.05) is 12.5 Å². The molecule has 5 heteroatoms. The molecule has 0 aliphatic rings. The van der Waals surface area contributed by atoms with Crippen LogP contribution in [0.25, 0.3) is 0 Å². The van der Waals surface area contributed by atoms with Crippen molar-refractivity contribution in [3.63, 3.8) is 0 Å². The number of amides is 1. The van der Waals surface area contributed by atoms with Crippen LogP contribution in [0, 0.1) is 0 Å². The molecular weight excluding hydrogens is 224 g/mol. The monoisotopic (exact) mass is 240 g/mol. The predicted octanol–water partition coefficient (Wildman–Crippen LogP) is 1.39. The Morgan fingerprint density at radius 2 is 2.44 bits per heavy atom. The second-order valence-corrected chi connectivity index (χ2v) is 4.25. The standard InChI is InChI=1S/C11H16N2O2S/c1-8(13-11(14)7-10(12)16)4-5-9-3-2-6-15-9/h2-3,6,8H,4-5,7H2,1H3,(H2,12,16)(H,13,14). The highest BCUT2D eigenvalue weighted by molar-refractivity contribution is 7.80. The van der Waals surface area contributed by atoms with Crippen molar-refractivity contribution in [2.45, 2.75) is 32.2 Å². The second kappa shape index (κ2) is 6.27. The van der Waals surface area contributed by atoms with Gasteiger partial charge in [0.2, 0.25) is 5.91 Å². The minimum absolute atomic E-state index is 0.0898. The zero-order valence-electron chi connectivity index (χ0n) is 9.23. The molecule has 0 saturated carbocycles. The van der Waals surface area contributed by atoms with Crippen LogP contribution < -0.4 is 11.1 Å². The van der Waals surface area contributed by atoms with E-state index in [0.717, 1.165) is 18.6 Å². The zero-order chi connectivity index (χ0) is 12.0. The first kappa shape index (κ1) is 12.7. The minimum atomic E-state index is -0.126. The van der Waals surface area contributed by atoms with Crippen LogP contribution in [-0.4, -0.2) is 16.9 Å². The molecule has 0 spiro atoms. The van der Waals surface area contributed by atoms with Crippen molar-refractivity contribution in [2.75, 3.05) is 0 Å². The summed E-state index contributed by atoms with van der Waals surface area (Å²) in [5, 5.41) is 2.83. The lowest BCUT2D eigenvalue weighted by atomic mass is 10.1. The molecule has 0 fully saturated rings. The first-order valence-electron chi connectivity index (χ1n) is 5.18. The van der Waals surface area contributed by atoms with Crippen molar-refractivity contribution < 1.29 is 9.21 Å². The van der Waals surface area contributed by atoms with Gasteiger partial charge in [0.1, 0.15) is 5.76 Å². The Morgan fingerprint density at radius 3 is 3.00 bits per heavy atom. The number of nitrogens with two attached hydrogens (primary N) is 1. The third-order valence-electron chi connectivity index (χ3n) is 2.15. The van der Waals surface area contributed by atoms with Crippen molar-refractivity contribution in [1.29, 1.82) is 0 Å². The fraction of sp³-hybridized carbons (Fsp3) is 0.455. The number of thiocarbonyl (C=S) groups is 1. The molecule has 88 valence electrons. The summed E-state index contributed by atoms with van der Waals surface area (Å²) in [5.74, 6) is 0.801. The molecule has 16 heavy (non-hydrogen) atoms. The Hall–Kier alpha value is -1.36. The molecule has 1 aromatic heterocycles. The highest BCUT2D eigenvalue weighted by atomic mass is 32.1. The molecule has 1 aromatic rings. The van der Waals surface area contributed by atoms with Crippen LogP contribution >= 0.6 is 12.2 Å². The molecule has 0 aliphatic heterocycles. The van der Waals surface area contributed by atoms with Gasteiger partial charge in [-0.25, -0.2) is 0 Å². The van der Waals surface area contributed by atoms with E-state index in [-0.39, 0.29) is 23.4 Å². The molecule has 1 unspecified atom stereocenters. The first-order valence-corrected chi connectivity index (χ1v) is 5.59. The normalized spacial score (nSPS) is 12.1. The second-order valence-electron chi connectivity index (χ2n) is 3.73. The largest absolute Gasteiger partial charge is 0.469 e. The Bertz CT molecular complexity index is 349. The number of hydrogen-bond donors (Lipinski definition) is 2. The summed E-state index contributed by atoms with van der Waals surface area (Å²) in [4.78, 5) is 11.5. The highest BCUT2D eigenvalue weighted by Gasteiger charge is 2.08. The van der Waals surface area contributed by atoms with E-state index in [2.05, 4.69) is 17.5 Å². The van der Waals surface area contributed by atoms with Gasteiger partial charge in [-0.2, -0.15) is 0 Å². The van der Waals surface area contributed by atoms with Crippen LogP contribution in [0.3, 0.4) is 0 Å². The molecule has 0 radical (unpaired) electrons. The molecule has 0 bridgehead atoms. The molecule has 1 heterocycles. The Balaban J connectivity index is 2.22. The topological polar surface area (TPSA) is 68.3 Å². The maximum absolute atomic E-state index is 11.3. The molecule has 1 amide bonds. The zero-order valence-corrected chi connectivity index (χ0v) is 10.0. The Kier molecular flexibility index (Phi) is 4.98. The minimum Gasteiger partial charge on any atom is -0.469 e. The number of hydrogen-bond acceptors (Lipinski definition) is 3. The summed E-state index contributed by atoms with van der Waals surface area (Å²) >= 11 is 4.66. The summed E-state index contributed by atoms with van der Waals surface area (Å²) in [7, 11) is 0. The fourth-order valence-corrected chi connectivity index (χ4v) is 1.50. The van der Waals surface area contributed by atoms with E-state index in [1.165, 1.54) is 0 Å². The fourth-order valence-electron chi connectivity index (χ4n) is 1.37. The van der Waals surface area contributed by atoms with E-state index in [1.807, 2.05) is 19.1 Å². The van der Waals surface area contributed by atoms with Crippen molar-refractivity contribution in [3.05, 3.63) is 24.2 Å². The quantitative estimate of drug-likeness (QED) is 0.737. The summed E-state index contributed by atoms with van der Waals surface area (Å²) in [6, 6.07) is 3.86.